The Kier molecular flexibility index (Phi) is 8.02. The van der Waals surface area contributed by atoms with Crippen molar-refractivity contribution in [2.24, 2.45) is 13.0 Å². The number of pyridine rings is 1. The van der Waals surface area contributed by atoms with Gasteiger partial charge >= 0.3 is 12.1 Å². The molecule has 0 atom stereocenters. The van der Waals surface area contributed by atoms with Crippen molar-refractivity contribution in [2.75, 3.05) is 25.5 Å². The van der Waals surface area contributed by atoms with Crippen LogP contribution in [0.4, 0.5) is 28.0 Å². The minimum absolute atomic E-state index is 0.0404. The van der Waals surface area contributed by atoms with Crippen LogP contribution in [-0.2, 0) is 13.7 Å². The van der Waals surface area contributed by atoms with Crippen LogP contribution in [0.2, 0.25) is 0 Å². The first-order valence-corrected chi connectivity index (χ1v) is 10.7. The maximum Gasteiger partial charge on any atom is 0.321 e. The summed E-state index contributed by atoms with van der Waals surface area (Å²) < 4.78 is 62.7. The van der Waals surface area contributed by atoms with Crippen LogP contribution in [0, 0.1) is 5.92 Å². The number of carbonyl (C=O) groups excluding carboxylic acids is 1. The van der Waals surface area contributed by atoms with Crippen molar-refractivity contribution in [2.45, 2.75) is 31.9 Å². The van der Waals surface area contributed by atoms with Crippen molar-refractivity contribution in [3.8, 4) is 5.75 Å². The predicted molar refractivity (Wildman–Crippen MR) is 113 cm³/mol. The van der Waals surface area contributed by atoms with E-state index in [1.54, 1.807) is 6.07 Å². The first-order valence-electron chi connectivity index (χ1n) is 10.0. The van der Waals surface area contributed by atoms with Crippen LogP contribution in [0.5, 0.6) is 5.75 Å². The molecule has 2 amide bonds. The van der Waals surface area contributed by atoms with E-state index < -0.39 is 30.1 Å². The zero-order chi connectivity index (χ0) is 24.2. The molecule has 3 heterocycles. The number of aliphatic hydroxyl groups excluding tert-OH is 1. The topological polar surface area (TPSA) is 95.8 Å². The average molecular weight is 492 g/mol. The number of aliphatic hydroxyl groups is 1. The molecule has 0 aromatic carbocycles. The molecule has 0 unspecified atom stereocenters. The van der Waals surface area contributed by atoms with Crippen molar-refractivity contribution in [3.05, 3.63) is 35.9 Å². The molecule has 0 aliphatic carbocycles. The fourth-order valence-electron chi connectivity index (χ4n) is 3.38. The molecule has 2 N–H and O–H groups in total. The van der Waals surface area contributed by atoms with Gasteiger partial charge in [-0.25, -0.2) is 13.6 Å². The fraction of sp³-hybridized carbons (Fsp3) is 0.526. The van der Waals surface area contributed by atoms with E-state index in [4.69, 9.17) is 9.29 Å². The van der Waals surface area contributed by atoms with E-state index in [0.29, 0.717) is 15.7 Å². The van der Waals surface area contributed by atoms with Gasteiger partial charge in [0.05, 0.1) is 18.5 Å². The second-order valence-electron chi connectivity index (χ2n) is 7.48. The van der Waals surface area contributed by atoms with Crippen LogP contribution in [0.3, 0.4) is 0 Å². The highest BCUT2D eigenvalue weighted by molar-refractivity contribution is 7.92. The molecule has 33 heavy (non-hydrogen) atoms. The second kappa shape index (κ2) is 10.6. The molecular formula is C19H24F4N6O3S. The van der Waals surface area contributed by atoms with Crippen LogP contribution < -0.4 is 9.50 Å². The van der Waals surface area contributed by atoms with Crippen LogP contribution in [0.15, 0.2) is 24.5 Å². The SMILES string of the molecule is CN(SOc1cn(C)nc1C(F)F)C(F)(F)C1CCN(C(=O)Nc2ccnc(CO)c2)CC1. The zero-order valence-electron chi connectivity index (χ0n) is 17.9. The van der Waals surface area contributed by atoms with E-state index in [9.17, 15) is 22.4 Å². The van der Waals surface area contributed by atoms with E-state index in [-0.39, 0.29) is 50.5 Å². The Hall–Kier alpha value is -2.58. The summed E-state index contributed by atoms with van der Waals surface area (Å²) in [5.41, 5.74) is 0.209. The van der Waals surface area contributed by atoms with Crippen molar-refractivity contribution >= 4 is 23.9 Å². The lowest BCUT2D eigenvalue weighted by Gasteiger charge is -2.38. The molecule has 182 valence electrons. The normalized spacial score (nSPS) is 15.4. The molecule has 9 nitrogen and oxygen atoms in total. The fourth-order valence-corrected chi connectivity index (χ4v) is 3.95. The minimum Gasteiger partial charge on any atom is -0.405 e. The maximum atomic E-state index is 14.9. The van der Waals surface area contributed by atoms with Gasteiger partial charge in [-0.1, -0.05) is 0 Å². The highest BCUT2D eigenvalue weighted by Crippen LogP contribution is 2.40. The van der Waals surface area contributed by atoms with Gasteiger partial charge in [-0.3, -0.25) is 9.67 Å². The Morgan fingerprint density at radius 2 is 2.12 bits per heavy atom. The lowest BCUT2D eigenvalue weighted by molar-refractivity contribution is -0.147. The quantitative estimate of drug-likeness (QED) is 0.251. The maximum absolute atomic E-state index is 14.9. The molecule has 0 spiro atoms. The number of rotatable bonds is 8. The van der Waals surface area contributed by atoms with Gasteiger partial charge in [0.2, 0.25) is 0 Å². The van der Waals surface area contributed by atoms with Crippen LogP contribution in [0.25, 0.3) is 0 Å². The Bertz CT molecular complexity index is 955. The average Bonchev–Trinajstić information content (AvgIpc) is 3.18. The molecule has 2 aromatic rings. The largest absolute Gasteiger partial charge is 0.405 e. The third-order valence-electron chi connectivity index (χ3n) is 5.19. The number of carbonyl (C=O) groups is 1. The predicted octanol–water partition coefficient (Wildman–Crippen LogP) is 3.66. The van der Waals surface area contributed by atoms with Crippen molar-refractivity contribution in [1.29, 1.82) is 0 Å². The van der Waals surface area contributed by atoms with Crippen LogP contribution in [0.1, 0.15) is 30.7 Å². The highest BCUT2D eigenvalue weighted by Gasteiger charge is 2.46. The minimum atomic E-state index is -3.30. The van der Waals surface area contributed by atoms with Gasteiger partial charge < -0.3 is 19.5 Å². The summed E-state index contributed by atoms with van der Waals surface area (Å²) in [5.74, 6) is -1.35. The number of piperidine rings is 1. The standard InChI is InChI=1S/C19H24F4N6O3S/c1-27-10-15(16(26-27)17(20)21)32-33-28(2)19(22,23)12-4-7-29(8-5-12)18(31)25-13-3-6-24-14(9-13)11-30/h3,6,9-10,12,17,30H,4-5,7-8,11H2,1-2H3,(H,24,25,31). The molecule has 0 bridgehead atoms. The summed E-state index contributed by atoms with van der Waals surface area (Å²) in [7, 11) is 2.54. The number of amides is 2. The Morgan fingerprint density at radius 1 is 1.42 bits per heavy atom. The number of anilines is 1. The van der Waals surface area contributed by atoms with Gasteiger partial charge in [-0.2, -0.15) is 18.2 Å². The lowest BCUT2D eigenvalue weighted by atomic mass is 9.94. The molecule has 1 saturated heterocycles. The number of nitrogens with one attached hydrogen (secondary N) is 1. The molecule has 1 fully saturated rings. The molecule has 3 rings (SSSR count). The molecular weight excluding hydrogens is 468 g/mol. The summed E-state index contributed by atoms with van der Waals surface area (Å²) >= 11 is 0.265. The molecule has 2 aromatic heterocycles. The third kappa shape index (κ3) is 6.06. The monoisotopic (exact) mass is 492 g/mol. The van der Waals surface area contributed by atoms with E-state index in [1.165, 1.54) is 30.4 Å². The van der Waals surface area contributed by atoms with Crippen molar-refractivity contribution in [3.63, 3.8) is 0 Å². The third-order valence-corrected chi connectivity index (χ3v) is 5.91. The molecule has 1 aliphatic heterocycles. The smallest absolute Gasteiger partial charge is 0.321 e. The first-order chi connectivity index (χ1) is 15.6. The van der Waals surface area contributed by atoms with Crippen molar-refractivity contribution in [1.82, 2.24) is 24.0 Å². The summed E-state index contributed by atoms with van der Waals surface area (Å²) in [4.78, 5) is 17.8. The summed E-state index contributed by atoms with van der Waals surface area (Å²) in [6, 6.07) is -0.658. The second-order valence-corrected chi connectivity index (χ2v) is 8.34. The van der Waals surface area contributed by atoms with Gasteiger partial charge in [0, 0.05) is 45.0 Å². The lowest BCUT2D eigenvalue weighted by Crippen LogP contribution is -2.49. The van der Waals surface area contributed by atoms with Gasteiger partial charge in [-0.05, 0) is 25.0 Å². The molecule has 0 radical (unpaired) electrons. The van der Waals surface area contributed by atoms with E-state index in [0.717, 1.165) is 11.7 Å². The number of urea groups is 1. The van der Waals surface area contributed by atoms with Crippen LogP contribution in [-0.4, -0.2) is 61.3 Å². The van der Waals surface area contributed by atoms with Gasteiger partial charge in [-0.15, -0.1) is 0 Å². The first kappa shape index (κ1) is 25.1. The number of aryl methyl sites for hydroxylation is 1. The highest BCUT2D eigenvalue weighted by atomic mass is 32.2. The van der Waals surface area contributed by atoms with E-state index in [2.05, 4.69) is 15.4 Å². The number of alkyl halides is 4. The number of nitrogens with zero attached hydrogens (tertiary/aromatic N) is 5. The van der Waals surface area contributed by atoms with Crippen LogP contribution >= 0.6 is 12.2 Å². The number of hydrogen-bond donors (Lipinski definition) is 2. The van der Waals surface area contributed by atoms with Gasteiger partial charge in [0.1, 0.15) is 0 Å². The van der Waals surface area contributed by atoms with E-state index >= 15 is 0 Å². The Balaban J connectivity index is 1.52. The zero-order valence-corrected chi connectivity index (χ0v) is 18.7. The molecule has 14 heteroatoms. The molecule has 1 aliphatic rings. The summed E-state index contributed by atoms with van der Waals surface area (Å²) in [6.07, 6.45) is -0.189. The molecule has 0 saturated carbocycles. The van der Waals surface area contributed by atoms with Gasteiger partial charge in [0.15, 0.2) is 23.7 Å². The van der Waals surface area contributed by atoms with Gasteiger partial charge in [0.25, 0.3) is 6.43 Å². The van der Waals surface area contributed by atoms with E-state index in [1.807, 2.05) is 0 Å². The summed E-state index contributed by atoms with van der Waals surface area (Å²) in [5, 5.41) is 15.4. The number of aromatic nitrogens is 3. The summed E-state index contributed by atoms with van der Waals surface area (Å²) in [6.45, 7) is -0.0489. The number of likely N-dealkylation sites (tertiary alicyclic amines) is 1. The number of halogens is 4. The Labute approximate surface area is 192 Å². The Morgan fingerprint density at radius 3 is 2.76 bits per heavy atom. The van der Waals surface area contributed by atoms with Crippen molar-refractivity contribution < 1.29 is 31.6 Å². The number of hydrogen-bond acceptors (Lipinski definition) is 7.